The molecule has 0 aliphatic rings. The third kappa shape index (κ3) is 6.97. The van der Waals surface area contributed by atoms with Gasteiger partial charge in [-0.2, -0.15) is 5.26 Å². The van der Waals surface area contributed by atoms with Crippen LogP contribution in [0.4, 0.5) is 4.79 Å². The molecule has 164 valence electrons. The van der Waals surface area contributed by atoms with Gasteiger partial charge in [0.15, 0.2) is 9.84 Å². The molecule has 0 bridgehead atoms. The van der Waals surface area contributed by atoms with Crippen molar-refractivity contribution in [3.63, 3.8) is 0 Å². The maximum Gasteiger partial charge on any atom is 0.412 e. The summed E-state index contributed by atoms with van der Waals surface area (Å²) in [6, 6.07) is 14.9. The average molecular weight is 441 g/mol. The fraction of sp³-hybridized carbons (Fsp3) is 0.333. The molecule has 0 spiro atoms. The number of hydrogen-bond donors (Lipinski definition) is 1. The van der Waals surface area contributed by atoms with Gasteiger partial charge in [-0.1, -0.05) is 49.8 Å². The molecule has 0 fully saturated rings. The molecule has 7 heteroatoms. The van der Waals surface area contributed by atoms with Gasteiger partial charge in [0.2, 0.25) is 0 Å². The first-order valence-electron chi connectivity index (χ1n) is 10.0. The van der Waals surface area contributed by atoms with Gasteiger partial charge >= 0.3 is 6.09 Å². The summed E-state index contributed by atoms with van der Waals surface area (Å²) in [5, 5.41) is 10.9. The van der Waals surface area contributed by atoms with E-state index in [0.29, 0.717) is 16.9 Å². The van der Waals surface area contributed by atoms with Crippen molar-refractivity contribution in [3.8, 4) is 11.8 Å². The number of carbonyl (C=O) groups excluding carboxylic acids is 1. The second kappa shape index (κ2) is 10.8. The molecule has 2 atom stereocenters. The van der Waals surface area contributed by atoms with Gasteiger partial charge in [0, 0.05) is 6.04 Å². The summed E-state index contributed by atoms with van der Waals surface area (Å²) in [4.78, 5) is 12.4. The van der Waals surface area contributed by atoms with E-state index in [9.17, 15) is 13.2 Å². The molecule has 2 rings (SSSR count). The van der Waals surface area contributed by atoms with Gasteiger partial charge in [-0.3, -0.25) is 0 Å². The maximum atomic E-state index is 13.3. The fourth-order valence-corrected chi connectivity index (χ4v) is 5.28. The molecule has 2 aromatic carbocycles. The van der Waals surface area contributed by atoms with E-state index >= 15 is 0 Å². The van der Waals surface area contributed by atoms with Crippen LogP contribution in [0.1, 0.15) is 42.2 Å². The lowest BCUT2D eigenvalue weighted by Crippen LogP contribution is -2.45. The highest BCUT2D eigenvalue weighted by atomic mass is 32.2. The van der Waals surface area contributed by atoms with E-state index in [1.54, 1.807) is 42.5 Å². The first-order valence-corrected chi connectivity index (χ1v) is 11.8. The Labute approximate surface area is 184 Å². The molecule has 0 saturated carbocycles. The van der Waals surface area contributed by atoms with Crippen molar-refractivity contribution in [2.75, 3.05) is 5.75 Å². The number of benzene rings is 2. The second-order valence-electron chi connectivity index (χ2n) is 7.77. The topological polar surface area (TPSA) is 96.3 Å². The van der Waals surface area contributed by atoms with E-state index in [-0.39, 0.29) is 18.1 Å². The monoisotopic (exact) mass is 440 g/mol. The third-order valence-electron chi connectivity index (χ3n) is 4.98. The summed E-state index contributed by atoms with van der Waals surface area (Å²) in [5.74, 6) is 0.00730. The van der Waals surface area contributed by atoms with E-state index in [1.807, 2.05) is 39.0 Å². The minimum atomic E-state index is -3.65. The van der Waals surface area contributed by atoms with Crippen LogP contribution in [0.2, 0.25) is 0 Å². The number of nitriles is 1. The number of amides is 1. The molecule has 0 saturated heterocycles. The number of nitrogens with zero attached hydrogens (tertiary/aromatic N) is 1. The van der Waals surface area contributed by atoms with Gasteiger partial charge < -0.3 is 10.1 Å². The van der Waals surface area contributed by atoms with Gasteiger partial charge in [-0.25, -0.2) is 13.2 Å². The van der Waals surface area contributed by atoms with Crippen LogP contribution in [0.3, 0.4) is 0 Å². The summed E-state index contributed by atoms with van der Waals surface area (Å²) < 4.78 is 31.8. The molecule has 0 unspecified atom stereocenters. The molecule has 0 radical (unpaired) electrons. The van der Waals surface area contributed by atoms with Crippen molar-refractivity contribution in [3.05, 3.63) is 77.9 Å². The second-order valence-corrected chi connectivity index (χ2v) is 10.0. The van der Waals surface area contributed by atoms with Crippen LogP contribution < -0.4 is 10.1 Å². The first kappa shape index (κ1) is 24.2. The number of sulfone groups is 1. The molecule has 0 aromatic heterocycles. The Morgan fingerprint density at radius 3 is 2.29 bits per heavy atom. The molecule has 0 heterocycles. The predicted octanol–water partition coefficient (Wildman–Crippen LogP) is 4.71. The van der Waals surface area contributed by atoms with Crippen molar-refractivity contribution in [1.29, 1.82) is 5.26 Å². The van der Waals surface area contributed by atoms with Gasteiger partial charge in [0.25, 0.3) is 0 Å². The molecular formula is C24H28N2O4S. The number of rotatable bonds is 9. The Bertz CT molecular complexity index is 1040. The van der Waals surface area contributed by atoms with Crippen LogP contribution in [0.5, 0.6) is 5.75 Å². The molecular weight excluding hydrogens is 412 g/mol. The van der Waals surface area contributed by atoms with Gasteiger partial charge in [0.1, 0.15) is 5.75 Å². The quantitative estimate of drug-likeness (QED) is 0.570. The van der Waals surface area contributed by atoms with Gasteiger partial charge in [-0.15, -0.1) is 6.58 Å². The zero-order valence-electron chi connectivity index (χ0n) is 18.0. The van der Waals surface area contributed by atoms with Crippen molar-refractivity contribution < 1.29 is 17.9 Å². The van der Waals surface area contributed by atoms with Crippen molar-refractivity contribution in [2.24, 2.45) is 5.92 Å². The summed E-state index contributed by atoms with van der Waals surface area (Å²) in [6.45, 7) is 9.30. The smallest absolute Gasteiger partial charge is 0.410 e. The Kier molecular flexibility index (Phi) is 8.40. The SMILES string of the molecule is C=CC[C@@H](c1ccc(C#N)cc1)S(=O)(=O)C[C@@H](NC(=O)Oc1ccc(C)cc1)C(C)C. The van der Waals surface area contributed by atoms with Crippen LogP contribution in [0.15, 0.2) is 61.2 Å². The van der Waals surface area contributed by atoms with E-state index in [2.05, 4.69) is 11.9 Å². The average Bonchev–Trinajstić information content (AvgIpc) is 2.73. The fourth-order valence-electron chi connectivity index (χ4n) is 3.08. The third-order valence-corrected chi connectivity index (χ3v) is 7.13. The standard InChI is InChI=1S/C24H28N2O4S/c1-5-6-23(20-11-9-19(15-25)10-12-20)31(28,29)16-22(17(2)3)26-24(27)30-21-13-7-18(4)8-14-21/h5,7-14,17,22-23H,1,6,16H2,2-4H3,(H,26,27)/t22-,23+/m1/s1. The molecule has 0 aliphatic heterocycles. The number of ether oxygens (including phenoxy) is 1. The summed E-state index contributed by atoms with van der Waals surface area (Å²) in [6.07, 6.45) is 1.09. The molecule has 0 aliphatic carbocycles. The van der Waals surface area contributed by atoms with Crippen LogP contribution in [-0.2, 0) is 9.84 Å². The Morgan fingerprint density at radius 2 is 1.77 bits per heavy atom. The Hall–Kier alpha value is -3.11. The highest BCUT2D eigenvalue weighted by Crippen LogP contribution is 2.29. The van der Waals surface area contributed by atoms with Crippen molar-refractivity contribution >= 4 is 15.9 Å². The normalized spacial score (nSPS) is 13.1. The zero-order chi connectivity index (χ0) is 23.0. The molecule has 1 amide bonds. The molecule has 1 N–H and O–H groups in total. The van der Waals surface area contributed by atoms with E-state index in [0.717, 1.165) is 5.56 Å². The summed E-state index contributed by atoms with van der Waals surface area (Å²) in [5.41, 5.74) is 2.08. The largest absolute Gasteiger partial charge is 0.412 e. The number of carbonyl (C=O) groups is 1. The summed E-state index contributed by atoms with van der Waals surface area (Å²) in [7, 11) is -3.65. The van der Waals surface area contributed by atoms with Crippen LogP contribution >= 0.6 is 0 Å². The number of allylic oxidation sites excluding steroid dienone is 1. The lowest BCUT2D eigenvalue weighted by atomic mass is 10.1. The predicted molar refractivity (Wildman–Crippen MR) is 121 cm³/mol. The van der Waals surface area contributed by atoms with Crippen LogP contribution in [0.25, 0.3) is 0 Å². The maximum absolute atomic E-state index is 13.3. The number of nitrogens with one attached hydrogen (secondary N) is 1. The van der Waals surface area contributed by atoms with Crippen LogP contribution in [-0.4, -0.2) is 26.3 Å². The Balaban J connectivity index is 2.17. The molecule has 2 aromatic rings. The summed E-state index contributed by atoms with van der Waals surface area (Å²) >= 11 is 0. The van der Waals surface area contributed by atoms with Gasteiger partial charge in [-0.05, 0) is 49.1 Å². The highest BCUT2D eigenvalue weighted by molar-refractivity contribution is 7.91. The zero-order valence-corrected chi connectivity index (χ0v) is 18.9. The van der Waals surface area contributed by atoms with E-state index < -0.39 is 27.2 Å². The van der Waals surface area contributed by atoms with E-state index in [4.69, 9.17) is 10.00 Å². The first-order chi connectivity index (χ1) is 14.7. The lowest BCUT2D eigenvalue weighted by molar-refractivity contribution is 0.193. The van der Waals surface area contributed by atoms with Crippen molar-refractivity contribution in [1.82, 2.24) is 5.32 Å². The highest BCUT2D eigenvalue weighted by Gasteiger charge is 2.31. The van der Waals surface area contributed by atoms with Crippen molar-refractivity contribution in [2.45, 2.75) is 38.5 Å². The number of aryl methyl sites for hydroxylation is 1. The molecule has 31 heavy (non-hydrogen) atoms. The lowest BCUT2D eigenvalue weighted by Gasteiger charge is -2.25. The Morgan fingerprint density at radius 1 is 1.16 bits per heavy atom. The van der Waals surface area contributed by atoms with E-state index in [1.165, 1.54) is 0 Å². The minimum Gasteiger partial charge on any atom is -0.410 e. The number of hydrogen-bond acceptors (Lipinski definition) is 5. The van der Waals surface area contributed by atoms with Crippen LogP contribution in [0, 0.1) is 24.2 Å². The molecule has 6 nitrogen and oxygen atoms in total. The minimum absolute atomic E-state index is 0.134. The van der Waals surface area contributed by atoms with Gasteiger partial charge in [0.05, 0.1) is 22.6 Å².